The van der Waals surface area contributed by atoms with Crippen molar-refractivity contribution in [3.05, 3.63) is 29.8 Å². The lowest BCUT2D eigenvalue weighted by atomic mass is 10.0. The molecule has 0 atom stereocenters. The van der Waals surface area contributed by atoms with E-state index in [1.165, 1.54) is 0 Å². The van der Waals surface area contributed by atoms with Crippen molar-refractivity contribution in [3.63, 3.8) is 0 Å². The highest BCUT2D eigenvalue weighted by Crippen LogP contribution is 2.26. The molecule has 4 nitrogen and oxygen atoms in total. The Hall–Kier alpha value is -1.84. The maximum Gasteiger partial charge on any atom is 0.223 e. The lowest BCUT2D eigenvalue weighted by Gasteiger charge is -2.30. The molecular formula is C14H18N2O2. The van der Waals surface area contributed by atoms with Crippen LogP contribution in [-0.2, 0) is 4.79 Å². The first-order valence-corrected chi connectivity index (χ1v) is 6.17. The minimum atomic E-state index is 0.115. The molecule has 0 radical (unpaired) electrons. The summed E-state index contributed by atoms with van der Waals surface area (Å²) in [7, 11) is 3.52. The number of Topliss-reactive ketones (excluding diaryl/α,β-unsaturated/α-hetero) is 1. The molecule has 1 heterocycles. The van der Waals surface area contributed by atoms with E-state index in [2.05, 4.69) is 4.90 Å². The number of benzene rings is 1. The van der Waals surface area contributed by atoms with Gasteiger partial charge in [0, 0.05) is 51.3 Å². The van der Waals surface area contributed by atoms with Crippen LogP contribution in [0.2, 0.25) is 0 Å². The van der Waals surface area contributed by atoms with E-state index in [1.807, 2.05) is 24.3 Å². The van der Waals surface area contributed by atoms with Gasteiger partial charge in [-0.3, -0.25) is 9.59 Å². The molecule has 0 spiro atoms. The molecule has 0 aliphatic carbocycles. The monoisotopic (exact) mass is 246 g/mol. The molecule has 0 bridgehead atoms. The Morgan fingerprint density at radius 2 is 2.06 bits per heavy atom. The van der Waals surface area contributed by atoms with Gasteiger partial charge in [0.15, 0.2) is 5.78 Å². The van der Waals surface area contributed by atoms with Gasteiger partial charge in [0.05, 0.1) is 0 Å². The number of nitrogens with zero attached hydrogens (tertiary/aromatic N) is 2. The summed E-state index contributed by atoms with van der Waals surface area (Å²) in [6.07, 6.45) is 1.02. The first kappa shape index (κ1) is 12.6. The normalized spacial score (nSPS) is 14.3. The second kappa shape index (κ2) is 5.21. The van der Waals surface area contributed by atoms with Crippen molar-refractivity contribution in [2.24, 2.45) is 0 Å². The van der Waals surface area contributed by atoms with Gasteiger partial charge in [0.1, 0.15) is 0 Å². The average molecular weight is 246 g/mol. The highest BCUT2D eigenvalue weighted by molar-refractivity contribution is 6.03. The van der Waals surface area contributed by atoms with Crippen molar-refractivity contribution in [2.45, 2.75) is 12.8 Å². The molecule has 0 fully saturated rings. The number of anilines is 1. The van der Waals surface area contributed by atoms with Gasteiger partial charge in [-0.25, -0.2) is 0 Å². The molecule has 96 valence electrons. The van der Waals surface area contributed by atoms with Crippen molar-refractivity contribution in [1.29, 1.82) is 0 Å². The van der Waals surface area contributed by atoms with Crippen molar-refractivity contribution in [3.8, 4) is 0 Å². The minimum Gasteiger partial charge on any atom is -0.370 e. The van der Waals surface area contributed by atoms with Crippen molar-refractivity contribution in [1.82, 2.24) is 4.90 Å². The topological polar surface area (TPSA) is 40.6 Å². The summed E-state index contributed by atoms with van der Waals surface area (Å²) in [5.74, 6) is 0.310. The van der Waals surface area contributed by atoms with Gasteiger partial charge in [-0.1, -0.05) is 12.1 Å². The third-order valence-electron chi connectivity index (χ3n) is 3.25. The quantitative estimate of drug-likeness (QED) is 0.812. The van der Waals surface area contributed by atoms with Crippen molar-refractivity contribution < 1.29 is 9.59 Å². The first-order chi connectivity index (χ1) is 8.59. The smallest absolute Gasteiger partial charge is 0.223 e. The van der Waals surface area contributed by atoms with Crippen LogP contribution in [0.4, 0.5) is 5.69 Å². The Morgan fingerprint density at radius 3 is 2.78 bits per heavy atom. The van der Waals surface area contributed by atoms with Crippen molar-refractivity contribution >= 4 is 17.4 Å². The van der Waals surface area contributed by atoms with Crippen LogP contribution in [0.3, 0.4) is 0 Å². The van der Waals surface area contributed by atoms with E-state index in [0.717, 1.165) is 11.3 Å². The fraction of sp³-hybridized carbons (Fsp3) is 0.429. The Bertz CT molecular complexity index is 469. The van der Waals surface area contributed by atoms with Crippen LogP contribution in [0.25, 0.3) is 0 Å². The van der Waals surface area contributed by atoms with Crippen LogP contribution in [0.5, 0.6) is 0 Å². The predicted molar refractivity (Wildman–Crippen MR) is 70.9 cm³/mol. The third kappa shape index (κ3) is 2.53. The zero-order valence-electron chi connectivity index (χ0n) is 10.8. The van der Waals surface area contributed by atoms with E-state index in [0.29, 0.717) is 25.9 Å². The molecule has 0 saturated heterocycles. The van der Waals surface area contributed by atoms with Gasteiger partial charge in [-0.15, -0.1) is 0 Å². The third-order valence-corrected chi connectivity index (χ3v) is 3.25. The van der Waals surface area contributed by atoms with E-state index in [1.54, 1.807) is 19.0 Å². The predicted octanol–water partition coefficient (Wildman–Crippen LogP) is 1.56. The number of carbonyl (C=O) groups excluding carboxylic acids is 2. The minimum absolute atomic E-state index is 0.115. The molecule has 1 aliphatic heterocycles. The molecule has 0 unspecified atom stereocenters. The van der Waals surface area contributed by atoms with Crippen LogP contribution < -0.4 is 4.90 Å². The summed E-state index contributed by atoms with van der Waals surface area (Å²) >= 11 is 0. The Labute approximate surface area is 107 Å². The average Bonchev–Trinajstić information content (AvgIpc) is 2.38. The number of fused-ring (bicyclic) bond motifs is 1. The summed E-state index contributed by atoms with van der Waals surface area (Å²) in [5.41, 5.74) is 1.74. The maximum atomic E-state index is 11.8. The lowest BCUT2D eigenvalue weighted by Crippen LogP contribution is -2.35. The number of amides is 1. The van der Waals surface area contributed by atoms with E-state index in [-0.39, 0.29) is 11.7 Å². The molecule has 1 amide bonds. The molecule has 1 aliphatic rings. The van der Waals surface area contributed by atoms with Gasteiger partial charge < -0.3 is 9.80 Å². The molecule has 1 aromatic carbocycles. The number of ketones is 1. The molecule has 1 aromatic rings. The van der Waals surface area contributed by atoms with Gasteiger partial charge >= 0.3 is 0 Å². The van der Waals surface area contributed by atoms with Crippen LogP contribution in [0.1, 0.15) is 23.2 Å². The molecule has 18 heavy (non-hydrogen) atoms. The zero-order valence-corrected chi connectivity index (χ0v) is 10.8. The zero-order chi connectivity index (χ0) is 13.1. The summed E-state index contributed by atoms with van der Waals surface area (Å²) in [5, 5.41) is 0. The first-order valence-electron chi connectivity index (χ1n) is 6.17. The van der Waals surface area contributed by atoms with E-state index >= 15 is 0 Å². The number of rotatable bonds is 3. The van der Waals surface area contributed by atoms with Gasteiger partial charge in [-0.2, -0.15) is 0 Å². The summed E-state index contributed by atoms with van der Waals surface area (Å²) in [4.78, 5) is 27.1. The summed E-state index contributed by atoms with van der Waals surface area (Å²) in [6.45, 7) is 1.37. The maximum absolute atomic E-state index is 11.8. The van der Waals surface area contributed by atoms with Crippen molar-refractivity contribution in [2.75, 3.05) is 32.1 Å². The fourth-order valence-electron chi connectivity index (χ4n) is 2.16. The molecule has 0 aromatic heterocycles. The molecule has 4 heteroatoms. The molecule has 0 saturated carbocycles. The Morgan fingerprint density at radius 1 is 1.33 bits per heavy atom. The lowest BCUT2D eigenvalue weighted by molar-refractivity contribution is -0.128. The van der Waals surface area contributed by atoms with Crippen LogP contribution >= 0.6 is 0 Å². The Balaban J connectivity index is 2.10. The van der Waals surface area contributed by atoms with E-state index in [9.17, 15) is 9.59 Å². The fourth-order valence-corrected chi connectivity index (χ4v) is 2.16. The largest absolute Gasteiger partial charge is 0.370 e. The number of hydrogen-bond donors (Lipinski definition) is 0. The van der Waals surface area contributed by atoms with Crippen LogP contribution in [0, 0.1) is 0 Å². The number of hydrogen-bond acceptors (Lipinski definition) is 3. The number of carbonyl (C=O) groups is 2. The SMILES string of the molecule is CN(C)C(=O)CCN1CCC(=O)c2ccccc21. The van der Waals surface area contributed by atoms with E-state index in [4.69, 9.17) is 0 Å². The van der Waals surface area contributed by atoms with Crippen LogP contribution in [0.15, 0.2) is 24.3 Å². The highest BCUT2D eigenvalue weighted by Gasteiger charge is 2.22. The highest BCUT2D eigenvalue weighted by atomic mass is 16.2. The second-order valence-electron chi connectivity index (χ2n) is 4.72. The van der Waals surface area contributed by atoms with Crippen LogP contribution in [-0.4, -0.2) is 43.8 Å². The van der Waals surface area contributed by atoms with E-state index < -0.39 is 0 Å². The Kier molecular flexibility index (Phi) is 3.65. The van der Waals surface area contributed by atoms with Gasteiger partial charge in [0.25, 0.3) is 0 Å². The second-order valence-corrected chi connectivity index (χ2v) is 4.72. The summed E-state index contributed by atoms with van der Waals surface area (Å²) < 4.78 is 0. The molecule has 0 N–H and O–H groups in total. The summed E-state index contributed by atoms with van der Waals surface area (Å²) in [6, 6.07) is 7.62. The van der Waals surface area contributed by atoms with Gasteiger partial charge in [0.2, 0.25) is 5.91 Å². The standard InChI is InChI=1S/C14H18N2O2/c1-15(2)14(18)8-10-16-9-7-13(17)11-5-3-4-6-12(11)16/h3-6H,7-10H2,1-2H3. The molecular weight excluding hydrogens is 228 g/mol. The molecule has 2 rings (SSSR count). The van der Waals surface area contributed by atoms with Gasteiger partial charge in [-0.05, 0) is 12.1 Å². The number of para-hydroxylation sites is 1.